The number of aliphatic imine (C=N–C) groups is 1. The summed E-state index contributed by atoms with van der Waals surface area (Å²) in [5, 5.41) is 7.44. The smallest absolute Gasteiger partial charge is 0.257 e. The Balaban J connectivity index is 1.25. The molecule has 0 atom stereocenters. The molecule has 31 heavy (non-hydrogen) atoms. The van der Waals surface area contributed by atoms with Crippen LogP contribution in [0.2, 0.25) is 0 Å². The molecule has 1 N–H and O–H groups in total. The van der Waals surface area contributed by atoms with Gasteiger partial charge in [-0.2, -0.15) is 4.98 Å². The molecular formula is C22H28N8O. The third-order valence-electron chi connectivity index (χ3n) is 5.31. The fourth-order valence-corrected chi connectivity index (χ4v) is 3.55. The second-order valence-corrected chi connectivity index (χ2v) is 7.31. The molecule has 0 spiro atoms. The van der Waals surface area contributed by atoms with Crippen LogP contribution < -0.4 is 10.2 Å². The minimum atomic E-state index is 0.571. The van der Waals surface area contributed by atoms with Crippen LogP contribution in [-0.4, -0.2) is 70.7 Å². The number of aryl methyl sites for hydroxylation is 1. The first-order valence-corrected chi connectivity index (χ1v) is 10.7. The van der Waals surface area contributed by atoms with E-state index in [2.05, 4.69) is 52.4 Å². The van der Waals surface area contributed by atoms with E-state index in [1.54, 1.807) is 12.4 Å². The summed E-state index contributed by atoms with van der Waals surface area (Å²) in [7, 11) is 1.83. The van der Waals surface area contributed by atoms with Crippen molar-refractivity contribution in [2.24, 2.45) is 4.99 Å². The van der Waals surface area contributed by atoms with Gasteiger partial charge in [0.25, 0.3) is 5.89 Å². The number of rotatable bonds is 6. The van der Waals surface area contributed by atoms with Gasteiger partial charge in [0, 0.05) is 64.1 Å². The van der Waals surface area contributed by atoms with Crippen LogP contribution >= 0.6 is 0 Å². The van der Waals surface area contributed by atoms with Gasteiger partial charge in [0.1, 0.15) is 0 Å². The van der Waals surface area contributed by atoms with Gasteiger partial charge in [-0.05, 0) is 30.2 Å². The highest BCUT2D eigenvalue weighted by atomic mass is 16.5. The predicted octanol–water partition coefficient (Wildman–Crippen LogP) is 2.03. The molecule has 0 unspecified atom stereocenters. The maximum Gasteiger partial charge on any atom is 0.257 e. The Morgan fingerprint density at radius 3 is 2.48 bits per heavy atom. The summed E-state index contributed by atoms with van der Waals surface area (Å²) in [5.74, 6) is 3.02. The first-order chi connectivity index (χ1) is 15.3. The van der Waals surface area contributed by atoms with E-state index in [1.807, 2.05) is 32.2 Å². The number of anilines is 1. The zero-order valence-corrected chi connectivity index (χ0v) is 18.0. The van der Waals surface area contributed by atoms with Crippen LogP contribution in [0.3, 0.4) is 0 Å². The van der Waals surface area contributed by atoms with Gasteiger partial charge in [-0.1, -0.05) is 24.2 Å². The molecule has 3 aromatic rings. The van der Waals surface area contributed by atoms with E-state index in [4.69, 9.17) is 4.52 Å². The standard InChI is InChI=1S/C22H28N8O/c1-3-19-27-20(31-28-19)18-7-5-17(6-8-18)9-12-26-21(23-2)29-13-15-30(16-14-29)22-24-10-4-11-25-22/h4-8,10-11H,3,9,12-16H2,1-2H3,(H,23,26). The van der Waals surface area contributed by atoms with Crippen molar-refractivity contribution in [1.29, 1.82) is 0 Å². The molecule has 4 rings (SSSR count). The minimum absolute atomic E-state index is 0.571. The molecule has 0 saturated carbocycles. The molecule has 1 fully saturated rings. The molecule has 2 aromatic heterocycles. The van der Waals surface area contributed by atoms with Crippen molar-refractivity contribution in [3.63, 3.8) is 0 Å². The molecule has 0 amide bonds. The van der Waals surface area contributed by atoms with Gasteiger partial charge in [0.15, 0.2) is 11.8 Å². The third-order valence-corrected chi connectivity index (χ3v) is 5.31. The Morgan fingerprint density at radius 2 is 1.84 bits per heavy atom. The van der Waals surface area contributed by atoms with E-state index < -0.39 is 0 Å². The van der Waals surface area contributed by atoms with Crippen LogP contribution in [0.1, 0.15) is 18.3 Å². The van der Waals surface area contributed by atoms with Gasteiger partial charge < -0.3 is 19.6 Å². The van der Waals surface area contributed by atoms with Crippen LogP contribution in [-0.2, 0) is 12.8 Å². The summed E-state index contributed by atoms with van der Waals surface area (Å²) < 4.78 is 5.31. The van der Waals surface area contributed by atoms with Gasteiger partial charge in [0.05, 0.1) is 0 Å². The van der Waals surface area contributed by atoms with E-state index in [9.17, 15) is 0 Å². The number of aromatic nitrogens is 4. The van der Waals surface area contributed by atoms with E-state index >= 15 is 0 Å². The van der Waals surface area contributed by atoms with Gasteiger partial charge in [-0.3, -0.25) is 4.99 Å². The van der Waals surface area contributed by atoms with Crippen LogP contribution in [0.25, 0.3) is 11.5 Å². The average Bonchev–Trinajstić information content (AvgIpc) is 3.32. The lowest BCUT2D eigenvalue weighted by molar-refractivity contribution is 0.370. The van der Waals surface area contributed by atoms with E-state index in [-0.39, 0.29) is 0 Å². The molecule has 162 valence electrons. The van der Waals surface area contributed by atoms with Gasteiger partial charge in [-0.25, -0.2) is 9.97 Å². The van der Waals surface area contributed by atoms with Crippen LogP contribution in [0, 0.1) is 0 Å². The topological polar surface area (TPSA) is 95.6 Å². The fourth-order valence-electron chi connectivity index (χ4n) is 3.55. The Morgan fingerprint density at radius 1 is 1.10 bits per heavy atom. The number of hydrogen-bond acceptors (Lipinski definition) is 7. The summed E-state index contributed by atoms with van der Waals surface area (Å²) in [5.41, 5.74) is 2.19. The van der Waals surface area contributed by atoms with Crippen LogP contribution in [0.15, 0.2) is 52.2 Å². The van der Waals surface area contributed by atoms with Crippen LogP contribution in [0.4, 0.5) is 5.95 Å². The highest BCUT2D eigenvalue weighted by molar-refractivity contribution is 5.80. The molecule has 0 radical (unpaired) electrons. The average molecular weight is 421 g/mol. The number of guanidine groups is 1. The first-order valence-electron chi connectivity index (χ1n) is 10.7. The Bertz CT molecular complexity index is 978. The minimum Gasteiger partial charge on any atom is -0.356 e. The zero-order chi connectivity index (χ0) is 21.5. The third kappa shape index (κ3) is 5.17. The highest BCUT2D eigenvalue weighted by Gasteiger charge is 2.20. The number of benzene rings is 1. The molecule has 0 bridgehead atoms. The monoisotopic (exact) mass is 420 g/mol. The van der Waals surface area contributed by atoms with Crippen molar-refractivity contribution in [1.82, 2.24) is 30.3 Å². The summed E-state index contributed by atoms with van der Waals surface area (Å²) in [6, 6.07) is 10.1. The maximum atomic E-state index is 5.31. The number of nitrogens with zero attached hydrogens (tertiary/aromatic N) is 7. The normalized spacial score (nSPS) is 14.7. The highest BCUT2D eigenvalue weighted by Crippen LogP contribution is 2.18. The summed E-state index contributed by atoms with van der Waals surface area (Å²) >= 11 is 0. The lowest BCUT2D eigenvalue weighted by Crippen LogP contribution is -2.53. The van der Waals surface area contributed by atoms with E-state index in [0.29, 0.717) is 5.89 Å². The van der Waals surface area contributed by atoms with Crippen molar-refractivity contribution in [3.05, 3.63) is 54.1 Å². The Hall–Kier alpha value is -3.49. The number of nitrogens with one attached hydrogen (secondary N) is 1. The van der Waals surface area contributed by atoms with Gasteiger partial charge >= 0.3 is 0 Å². The number of hydrogen-bond donors (Lipinski definition) is 1. The SMILES string of the molecule is CCc1noc(-c2ccc(CCNC(=NC)N3CCN(c4ncccn4)CC3)cc2)n1. The molecule has 1 aromatic carbocycles. The molecule has 3 heterocycles. The Labute approximate surface area is 182 Å². The van der Waals surface area contributed by atoms with Crippen molar-refractivity contribution < 1.29 is 4.52 Å². The van der Waals surface area contributed by atoms with Crippen molar-refractivity contribution in [2.45, 2.75) is 19.8 Å². The largest absolute Gasteiger partial charge is 0.356 e. The quantitative estimate of drug-likeness (QED) is 0.478. The molecule has 9 heteroatoms. The molecule has 9 nitrogen and oxygen atoms in total. The molecule has 0 aliphatic carbocycles. The van der Waals surface area contributed by atoms with Gasteiger partial charge in [0.2, 0.25) is 5.95 Å². The Kier molecular flexibility index (Phi) is 6.71. The fraction of sp³-hybridized carbons (Fsp3) is 0.409. The number of piperazine rings is 1. The van der Waals surface area contributed by atoms with Crippen molar-refractivity contribution >= 4 is 11.9 Å². The first kappa shape index (κ1) is 20.8. The lowest BCUT2D eigenvalue weighted by Gasteiger charge is -2.36. The van der Waals surface area contributed by atoms with Gasteiger partial charge in [-0.15, -0.1) is 0 Å². The maximum absolute atomic E-state index is 5.31. The summed E-state index contributed by atoms with van der Waals surface area (Å²) in [6.07, 6.45) is 5.24. The summed E-state index contributed by atoms with van der Waals surface area (Å²) in [4.78, 5) is 22.0. The molecular weight excluding hydrogens is 392 g/mol. The van der Waals surface area contributed by atoms with Crippen molar-refractivity contribution in [3.8, 4) is 11.5 Å². The van der Waals surface area contributed by atoms with E-state index in [0.717, 1.165) is 68.9 Å². The molecule has 1 aliphatic heterocycles. The van der Waals surface area contributed by atoms with Crippen LogP contribution in [0.5, 0.6) is 0 Å². The molecule has 1 aliphatic rings. The second kappa shape index (κ2) is 10.0. The zero-order valence-electron chi connectivity index (χ0n) is 18.0. The molecule has 1 saturated heterocycles. The van der Waals surface area contributed by atoms with E-state index in [1.165, 1.54) is 5.56 Å². The second-order valence-electron chi connectivity index (χ2n) is 7.31. The van der Waals surface area contributed by atoms with Crippen molar-refractivity contribution in [2.75, 3.05) is 44.7 Å². The lowest BCUT2D eigenvalue weighted by atomic mass is 10.1. The predicted molar refractivity (Wildman–Crippen MR) is 120 cm³/mol. The summed E-state index contributed by atoms with van der Waals surface area (Å²) in [6.45, 7) is 6.35.